The van der Waals surface area contributed by atoms with Gasteiger partial charge in [0, 0.05) is 12.8 Å². The fourth-order valence-electron chi connectivity index (χ4n) is 3.91. The van der Waals surface area contributed by atoms with E-state index in [1.807, 2.05) is 37.3 Å². The molecular formula is C24H23N2O4+. The van der Waals surface area contributed by atoms with Crippen LogP contribution in [0.1, 0.15) is 28.9 Å². The van der Waals surface area contributed by atoms with Crippen LogP contribution in [0.5, 0.6) is 5.75 Å². The summed E-state index contributed by atoms with van der Waals surface area (Å²) in [7, 11) is 3.35. The van der Waals surface area contributed by atoms with Gasteiger partial charge in [-0.05, 0) is 42.7 Å². The van der Waals surface area contributed by atoms with Gasteiger partial charge in [0.05, 0.1) is 28.7 Å². The summed E-state index contributed by atoms with van der Waals surface area (Å²) in [5.74, 6) is 0.581. The molecule has 152 valence electrons. The summed E-state index contributed by atoms with van der Waals surface area (Å²) in [6.07, 6.45) is 1.66. The molecule has 0 bridgehead atoms. The average Bonchev–Trinajstić information content (AvgIpc) is 3.60. The van der Waals surface area contributed by atoms with Crippen LogP contribution in [0.25, 0.3) is 22.4 Å². The molecule has 0 saturated heterocycles. The van der Waals surface area contributed by atoms with Gasteiger partial charge in [-0.3, -0.25) is 14.9 Å². The Hall–Kier alpha value is -3.54. The minimum Gasteiger partial charge on any atom is -0.497 e. The van der Waals surface area contributed by atoms with Gasteiger partial charge in [-0.15, -0.1) is 0 Å². The molecule has 0 spiro atoms. The summed E-state index contributed by atoms with van der Waals surface area (Å²) in [5, 5.41) is 12.4. The lowest BCUT2D eigenvalue weighted by molar-refractivity contribution is -0.669. The van der Waals surface area contributed by atoms with Gasteiger partial charge in [-0.1, -0.05) is 30.3 Å². The number of nitrogens with zero attached hydrogens (tertiary/aromatic N) is 2. The van der Waals surface area contributed by atoms with E-state index in [0.717, 1.165) is 24.1 Å². The average molecular weight is 403 g/mol. The number of pyridine rings is 1. The summed E-state index contributed by atoms with van der Waals surface area (Å²) in [5.41, 5.74) is 3.34. The van der Waals surface area contributed by atoms with Crippen LogP contribution in [-0.4, -0.2) is 17.8 Å². The monoisotopic (exact) mass is 403 g/mol. The number of carbonyl (C=O) groups is 1. The second-order valence-electron chi connectivity index (χ2n) is 7.58. The number of hydrogen-bond donors (Lipinski definition) is 0. The Bertz CT molecular complexity index is 1130. The number of benzene rings is 2. The number of nitro groups is 1. The normalized spacial score (nSPS) is 13.2. The molecule has 0 amide bonds. The first kappa shape index (κ1) is 19.8. The zero-order valence-electron chi connectivity index (χ0n) is 17.2. The molecule has 0 N–H and O–H groups in total. The van der Waals surface area contributed by atoms with E-state index in [1.165, 1.54) is 0 Å². The van der Waals surface area contributed by atoms with Crippen LogP contribution in [0.4, 0.5) is 5.69 Å². The van der Waals surface area contributed by atoms with Crippen LogP contribution in [0.15, 0.2) is 54.6 Å². The minimum absolute atomic E-state index is 0.0170. The zero-order chi connectivity index (χ0) is 21.4. The Balaban J connectivity index is 2.11. The van der Waals surface area contributed by atoms with Gasteiger partial charge in [0.2, 0.25) is 0 Å². The number of hydrogen-bond acceptors (Lipinski definition) is 4. The molecule has 2 aromatic carbocycles. The summed E-state index contributed by atoms with van der Waals surface area (Å²) < 4.78 is 7.01. The molecule has 0 aliphatic heterocycles. The van der Waals surface area contributed by atoms with Crippen LogP contribution in [0, 0.1) is 23.0 Å². The molecule has 1 aliphatic rings. The largest absolute Gasteiger partial charge is 0.497 e. The molecule has 4 rings (SSSR count). The zero-order valence-corrected chi connectivity index (χ0v) is 17.2. The quantitative estimate of drug-likeness (QED) is 0.260. The molecule has 0 atom stereocenters. The number of ether oxygens (including phenoxy) is 1. The minimum atomic E-state index is -0.370. The van der Waals surface area contributed by atoms with E-state index in [-0.39, 0.29) is 22.3 Å². The van der Waals surface area contributed by atoms with Gasteiger partial charge >= 0.3 is 5.69 Å². The second kappa shape index (κ2) is 7.71. The summed E-state index contributed by atoms with van der Waals surface area (Å²) in [6.45, 7) is 1.86. The highest BCUT2D eigenvalue weighted by atomic mass is 16.6. The molecule has 1 fully saturated rings. The predicted molar refractivity (Wildman–Crippen MR) is 113 cm³/mol. The molecule has 3 aromatic rings. The molecule has 1 aliphatic carbocycles. The SMILES string of the molecule is COc1ccc(-c2c(C(=O)C3CC3)c(C)[n+](C)c(-c3ccccc3)c2[N+](=O)[O-])cc1. The molecular weight excluding hydrogens is 380 g/mol. The van der Waals surface area contributed by atoms with Crippen LogP contribution in [0.2, 0.25) is 0 Å². The van der Waals surface area contributed by atoms with Crippen molar-refractivity contribution in [3.63, 3.8) is 0 Å². The maximum Gasteiger partial charge on any atom is 0.349 e. The molecule has 0 unspecified atom stereocenters. The highest BCUT2D eigenvalue weighted by molar-refractivity contribution is 6.08. The van der Waals surface area contributed by atoms with Gasteiger partial charge in [-0.25, -0.2) is 0 Å². The molecule has 1 saturated carbocycles. The van der Waals surface area contributed by atoms with Crippen molar-refractivity contribution in [2.45, 2.75) is 19.8 Å². The Morgan fingerprint density at radius 2 is 1.70 bits per heavy atom. The first-order valence-electron chi connectivity index (χ1n) is 9.89. The molecule has 1 aromatic heterocycles. The fraction of sp³-hybridized carbons (Fsp3) is 0.250. The van der Waals surface area contributed by atoms with Gasteiger partial charge in [0.25, 0.3) is 5.69 Å². The third-order valence-corrected chi connectivity index (χ3v) is 5.71. The van der Waals surface area contributed by atoms with Crippen LogP contribution >= 0.6 is 0 Å². The van der Waals surface area contributed by atoms with E-state index in [4.69, 9.17) is 4.74 Å². The number of rotatable bonds is 6. The Kier molecular flexibility index (Phi) is 5.08. The van der Waals surface area contributed by atoms with Gasteiger partial charge in [-0.2, -0.15) is 4.57 Å². The van der Waals surface area contributed by atoms with E-state index < -0.39 is 0 Å². The second-order valence-corrected chi connectivity index (χ2v) is 7.58. The number of Topliss-reactive ketones (excluding diaryl/α,β-unsaturated/α-hetero) is 1. The van der Waals surface area contributed by atoms with Crippen molar-refractivity contribution < 1.29 is 19.0 Å². The van der Waals surface area contributed by atoms with Crippen molar-refractivity contribution in [3.05, 3.63) is 76.0 Å². The first-order chi connectivity index (χ1) is 14.4. The predicted octanol–water partition coefficient (Wildman–Crippen LogP) is 4.66. The van der Waals surface area contributed by atoms with E-state index >= 15 is 0 Å². The standard InChI is InChI=1S/C24H23N2O4/c1-15-20(24(27)18-9-10-18)21(16-11-13-19(30-3)14-12-16)23(26(28)29)22(25(15)2)17-7-5-4-6-8-17/h4-8,11-14,18H,9-10H2,1-3H3/q+1. The number of ketones is 1. The highest BCUT2D eigenvalue weighted by Crippen LogP contribution is 2.43. The van der Waals surface area contributed by atoms with Gasteiger partial charge in [0.15, 0.2) is 11.5 Å². The third-order valence-electron chi connectivity index (χ3n) is 5.71. The van der Waals surface area contributed by atoms with Crippen molar-refractivity contribution in [1.29, 1.82) is 0 Å². The Morgan fingerprint density at radius 1 is 1.07 bits per heavy atom. The topological polar surface area (TPSA) is 73.3 Å². The lowest BCUT2D eigenvalue weighted by Gasteiger charge is -2.15. The molecule has 30 heavy (non-hydrogen) atoms. The van der Waals surface area contributed by atoms with Crippen molar-refractivity contribution in [2.24, 2.45) is 13.0 Å². The molecule has 0 radical (unpaired) electrons. The van der Waals surface area contributed by atoms with Crippen molar-refractivity contribution in [3.8, 4) is 28.1 Å². The van der Waals surface area contributed by atoms with E-state index in [0.29, 0.717) is 28.1 Å². The number of carbonyl (C=O) groups excluding carboxylic acids is 1. The maximum atomic E-state index is 13.3. The van der Waals surface area contributed by atoms with Gasteiger partial charge in [0.1, 0.15) is 12.8 Å². The summed E-state index contributed by atoms with van der Waals surface area (Å²) in [6, 6.07) is 16.3. The van der Waals surface area contributed by atoms with Crippen molar-refractivity contribution >= 4 is 11.5 Å². The molecule has 6 nitrogen and oxygen atoms in total. The first-order valence-corrected chi connectivity index (χ1v) is 9.89. The van der Waals surface area contributed by atoms with Crippen molar-refractivity contribution in [2.75, 3.05) is 7.11 Å². The Morgan fingerprint density at radius 3 is 2.23 bits per heavy atom. The molecule has 6 heteroatoms. The van der Waals surface area contributed by atoms with Crippen LogP contribution in [-0.2, 0) is 7.05 Å². The van der Waals surface area contributed by atoms with E-state index in [9.17, 15) is 14.9 Å². The van der Waals surface area contributed by atoms with Crippen LogP contribution < -0.4 is 9.30 Å². The lowest BCUT2D eigenvalue weighted by Crippen LogP contribution is -2.38. The summed E-state index contributed by atoms with van der Waals surface area (Å²) in [4.78, 5) is 25.3. The maximum absolute atomic E-state index is 13.3. The molecule has 1 heterocycles. The Labute approximate surface area is 174 Å². The van der Waals surface area contributed by atoms with Crippen LogP contribution in [0.3, 0.4) is 0 Å². The fourth-order valence-corrected chi connectivity index (χ4v) is 3.91. The lowest BCUT2D eigenvalue weighted by atomic mass is 9.90. The summed E-state index contributed by atoms with van der Waals surface area (Å²) >= 11 is 0. The van der Waals surface area contributed by atoms with Crippen molar-refractivity contribution in [1.82, 2.24) is 0 Å². The van der Waals surface area contributed by atoms with E-state index in [1.54, 1.807) is 43.0 Å². The van der Waals surface area contributed by atoms with E-state index in [2.05, 4.69) is 0 Å². The smallest absolute Gasteiger partial charge is 0.349 e. The van der Waals surface area contributed by atoms with Gasteiger partial charge < -0.3 is 4.74 Å². The third kappa shape index (κ3) is 3.34. The number of methoxy groups -OCH3 is 1. The number of aromatic nitrogens is 1. The highest BCUT2D eigenvalue weighted by Gasteiger charge is 2.42.